The summed E-state index contributed by atoms with van der Waals surface area (Å²) in [7, 11) is 0. The zero-order valence-electron chi connectivity index (χ0n) is 13.7. The Morgan fingerprint density at radius 2 is 1.88 bits per heavy atom. The molecule has 0 amide bonds. The van der Waals surface area contributed by atoms with Crippen LogP contribution in [-0.4, -0.2) is 58.6 Å². The van der Waals surface area contributed by atoms with Gasteiger partial charge in [0.25, 0.3) is 0 Å². The smallest absolute Gasteiger partial charge is 0.330 e. The third-order valence-corrected chi connectivity index (χ3v) is 3.24. The van der Waals surface area contributed by atoms with Gasteiger partial charge in [-0.05, 0) is 13.0 Å². The number of ether oxygens (including phenoxy) is 3. The molecule has 0 saturated carbocycles. The van der Waals surface area contributed by atoms with Crippen molar-refractivity contribution in [3.05, 3.63) is 24.3 Å². The van der Waals surface area contributed by atoms with Crippen LogP contribution in [0.2, 0.25) is 0 Å². The largest absolute Gasteiger partial charge is 0.459 e. The molecular weight excluding hydrogens is 320 g/mol. The van der Waals surface area contributed by atoms with E-state index >= 15 is 0 Å². The molecule has 0 aliphatic carbocycles. The predicted molar refractivity (Wildman–Crippen MR) is 81.6 cm³/mol. The van der Waals surface area contributed by atoms with E-state index in [4.69, 9.17) is 14.2 Å². The number of hydrogen-bond acceptors (Lipinski definition) is 8. The van der Waals surface area contributed by atoms with Gasteiger partial charge in [0.15, 0.2) is 6.10 Å². The van der Waals surface area contributed by atoms with Crippen LogP contribution in [0.3, 0.4) is 0 Å². The van der Waals surface area contributed by atoms with Gasteiger partial charge < -0.3 is 24.4 Å². The average Bonchev–Trinajstić information content (AvgIpc) is 2.49. The molecule has 0 bridgehead atoms. The second kappa shape index (κ2) is 9.19. The minimum absolute atomic E-state index is 0.273. The number of aliphatic hydroxyl groups is 2. The first kappa shape index (κ1) is 19.9. The molecular formula is C16H22O8. The maximum Gasteiger partial charge on any atom is 0.330 e. The first-order chi connectivity index (χ1) is 11.2. The molecule has 8 heteroatoms. The fourth-order valence-corrected chi connectivity index (χ4v) is 2.11. The summed E-state index contributed by atoms with van der Waals surface area (Å²) in [5.74, 6) is -1.73. The lowest BCUT2D eigenvalue weighted by atomic mass is 10.0. The van der Waals surface area contributed by atoms with Gasteiger partial charge in [0.05, 0.1) is 0 Å². The molecule has 1 aliphatic rings. The highest BCUT2D eigenvalue weighted by Gasteiger charge is 2.29. The highest BCUT2D eigenvalue weighted by Crippen LogP contribution is 2.16. The van der Waals surface area contributed by atoms with Crippen LogP contribution in [0.25, 0.3) is 0 Å². The Balaban J connectivity index is 2.72. The van der Waals surface area contributed by atoms with Crippen LogP contribution in [0.1, 0.15) is 27.2 Å². The summed E-state index contributed by atoms with van der Waals surface area (Å²) in [6.07, 6.45) is 0.269. The molecule has 1 rings (SSSR count). The fraction of sp³-hybridized carbons (Fsp3) is 0.562. The van der Waals surface area contributed by atoms with Gasteiger partial charge in [0, 0.05) is 26.3 Å². The molecule has 5 atom stereocenters. The van der Waals surface area contributed by atoms with Crippen LogP contribution in [0.15, 0.2) is 24.3 Å². The SMILES string of the molecule is CC(=O)O[C@@H](C)[C@@H](/C=C/[C@@H](O)[C@@H](O)[C@@H]1CC=CC(=O)O1)OC(C)=O. The van der Waals surface area contributed by atoms with E-state index < -0.39 is 48.4 Å². The molecule has 1 heterocycles. The molecule has 0 spiro atoms. The van der Waals surface area contributed by atoms with Crippen molar-refractivity contribution in [3.8, 4) is 0 Å². The van der Waals surface area contributed by atoms with Crippen molar-refractivity contribution in [1.82, 2.24) is 0 Å². The van der Waals surface area contributed by atoms with Crippen molar-refractivity contribution in [2.24, 2.45) is 0 Å². The van der Waals surface area contributed by atoms with Crippen molar-refractivity contribution >= 4 is 17.9 Å². The van der Waals surface area contributed by atoms with E-state index in [1.165, 1.54) is 39.0 Å². The Morgan fingerprint density at radius 3 is 2.42 bits per heavy atom. The summed E-state index contributed by atoms with van der Waals surface area (Å²) in [5.41, 5.74) is 0. The molecule has 0 unspecified atom stereocenters. The van der Waals surface area contributed by atoms with E-state index in [2.05, 4.69) is 0 Å². The van der Waals surface area contributed by atoms with Gasteiger partial charge >= 0.3 is 17.9 Å². The van der Waals surface area contributed by atoms with E-state index in [0.717, 1.165) is 0 Å². The average molecular weight is 342 g/mol. The minimum Gasteiger partial charge on any atom is -0.459 e. The van der Waals surface area contributed by atoms with Gasteiger partial charge in [-0.2, -0.15) is 0 Å². The summed E-state index contributed by atoms with van der Waals surface area (Å²) in [4.78, 5) is 33.3. The monoisotopic (exact) mass is 342 g/mol. The molecule has 0 aromatic rings. The minimum atomic E-state index is -1.36. The highest BCUT2D eigenvalue weighted by molar-refractivity contribution is 5.82. The lowest BCUT2D eigenvalue weighted by Gasteiger charge is -2.26. The predicted octanol–water partition coefficient (Wildman–Crippen LogP) is 0.0194. The highest BCUT2D eigenvalue weighted by atomic mass is 16.6. The van der Waals surface area contributed by atoms with Crippen molar-refractivity contribution in [2.75, 3.05) is 0 Å². The molecule has 0 radical (unpaired) electrons. The Labute approximate surface area is 139 Å². The van der Waals surface area contributed by atoms with Crippen molar-refractivity contribution in [3.63, 3.8) is 0 Å². The number of carbonyl (C=O) groups is 3. The molecule has 0 saturated heterocycles. The number of esters is 3. The number of carbonyl (C=O) groups excluding carboxylic acids is 3. The van der Waals surface area contributed by atoms with E-state index in [-0.39, 0.29) is 6.42 Å². The summed E-state index contributed by atoms with van der Waals surface area (Å²) in [6, 6.07) is 0. The van der Waals surface area contributed by atoms with Crippen LogP contribution in [0, 0.1) is 0 Å². The van der Waals surface area contributed by atoms with Crippen LogP contribution < -0.4 is 0 Å². The summed E-state index contributed by atoms with van der Waals surface area (Å²) >= 11 is 0. The molecule has 134 valence electrons. The van der Waals surface area contributed by atoms with Gasteiger partial charge in [-0.15, -0.1) is 0 Å². The summed E-state index contributed by atoms with van der Waals surface area (Å²) in [6.45, 7) is 3.94. The van der Waals surface area contributed by atoms with Crippen LogP contribution in [0.5, 0.6) is 0 Å². The molecule has 2 N–H and O–H groups in total. The second-order valence-electron chi connectivity index (χ2n) is 5.37. The van der Waals surface area contributed by atoms with Crippen molar-refractivity contribution in [2.45, 2.75) is 57.7 Å². The summed E-state index contributed by atoms with van der Waals surface area (Å²) in [5, 5.41) is 20.0. The topological polar surface area (TPSA) is 119 Å². The molecule has 0 aromatic carbocycles. The third kappa shape index (κ3) is 6.51. The molecule has 24 heavy (non-hydrogen) atoms. The van der Waals surface area contributed by atoms with Crippen LogP contribution >= 0.6 is 0 Å². The van der Waals surface area contributed by atoms with Crippen molar-refractivity contribution in [1.29, 1.82) is 0 Å². The Hall–Kier alpha value is -2.19. The van der Waals surface area contributed by atoms with Crippen molar-refractivity contribution < 1.29 is 38.8 Å². The third-order valence-electron chi connectivity index (χ3n) is 3.24. The zero-order valence-corrected chi connectivity index (χ0v) is 13.7. The number of cyclic esters (lactones) is 1. The van der Waals surface area contributed by atoms with Gasteiger partial charge in [0.2, 0.25) is 0 Å². The molecule has 1 aliphatic heterocycles. The lowest BCUT2D eigenvalue weighted by Crippen LogP contribution is -2.40. The van der Waals surface area contributed by atoms with Gasteiger partial charge in [0.1, 0.15) is 24.4 Å². The molecule has 8 nitrogen and oxygen atoms in total. The maximum atomic E-state index is 11.2. The van der Waals surface area contributed by atoms with Gasteiger partial charge in [-0.1, -0.05) is 12.2 Å². The number of rotatable bonds is 7. The Bertz CT molecular complexity index is 524. The maximum absolute atomic E-state index is 11.2. The summed E-state index contributed by atoms with van der Waals surface area (Å²) < 4.78 is 14.9. The Morgan fingerprint density at radius 1 is 1.25 bits per heavy atom. The van der Waals surface area contributed by atoms with Gasteiger partial charge in [-0.25, -0.2) is 4.79 Å². The first-order valence-corrected chi connectivity index (χ1v) is 7.46. The number of aliphatic hydroxyl groups excluding tert-OH is 2. The zero-order chi connectivity index (χ0) is 18.3. The fourth-order valence-electron chi connectivity index (χ4n) is 2.11. The standard InChI is InChI=1S/C16H22O8/c1-9(22-10(2)17)13(23-11(3)18)8-7-12(19)16(21)14-5-4-6-15(20)24-14/h4,6-9,12-14,16,19,21H,5H2,1-3H3/b8-7+/t9-,12+,13+,14-,16+/m0/s1. The van der Waals surface area contributed by atoms with E-state index in [0.29, 0.717) is 0 Å². The van der Waals surface area contributed by atoms with E-state index in [1.807, 2.05) is 0 Å². The van der Waals surface area contributed by atoms with Gasteiger partial charge in [-0.3, -0.25) is 9.59 Å². The van der Waals surface area contributed by atoms with Crippen LogP contribution in [-0.2, 0) is 28.6 Å². The lowest BCUT2D eigenvalue weighted by molar-refractivity contribution is -0.160. The molecule has 0 fully saturated rings. The first-order valence-electron chi connectivity index (χ1n) is 7.46. The number of hydrogen-bond donors (Lipinski definition) is 2. The normalized spacial score (nSPS) is 22.4. The van der Waals surface area contributed by atoms with E-state index in [9.17, 15) is 24.6 Å². The van der Waals surface area contributed by atoms with E-state index in [1.54, 1.807) is 6.08 Å². The quantitative estimate of drug-likeness (QED) is 0.377. The molecule has 0 aromatic heterocycles. The second-order valence-corrected chi connectivity index (χ2v) is 5.37. The van der Waals surface area contributed by atoms with Crippen LogP contribution in [0.4, 0.5) is 0 Å². The Kier molecular flexibility index (Phi) is 7.60.